The summed E-state index contributed by atoms with van der Waals surface area (Å²) in [4.78, 5) is 14.6. The number of hydrogen-bond donors (Lipinski definition) is 1. The molecule has 1 unspecified atom stereocenters. The van der Waals surface area contributed by atoms with Gasteiger partial charge in [-0.05, 0) is 30.7 Å². The molecule has 0 bridgehead atoms. The molecule has 1 aliphatic heterocycles. The average Bonchev–Trinajstić information content (AvgIpc) is 2.72. The molecule has 1 aliphatic rings. The van der Waals surface area contributed by atoms with Gasteiger partial charge in [0.2, 0.25) is 0 Å². The van der Waals surface area contributed by atoms with Gasteiger partial charge in [-0.1, -0.05) is 36.2 Å². The predicted octanol–water partition coefficient (Wildman–Crippen LogP) is 3.31. The third-order valence-corrected chi connectivity index (χ3v) is 4.39. The molecule has 2 rings (SSSR count). The molecule has 0 saturated carbocycles. The third-order valence-electron chi connectivity index (χ3n) is 3.65. The van der Waals surface area contributed by atoms with Crippen molar-refractivity contribution in [3.05, 3.63) is 33.8 Å². The van der Waals surface area contributed by atoms with Crippen molar-refractivity contribution in [2.75, 3.05) is 26.2 Å². The van der Waals surface area contributed by atoms with Gasteiger partial charge < -0.3 is 5.32 Å². The Balaban J connectivity index is 2.30. The molecule has 0 amide bonds. The van der Waals surface area contributed by atoms with Crippen molar-refractivity contribution in [3.8, 4) is 0 Å². The maximum atomic E-state index is 12.4. The van der Waals surface area contributed by atoms with Crippen molar-refractivity contribution in [1.82, 2.24) is 10.2 Å². The van der Waals surface area contributed by atoms with Crippen molar-refractivity contribution in [1.29, 1.82) is 0 Å². The van der Waals surface area contributed by atoms with E-state index in [0.717, 1.165) is 38.2 Å². The van der Waals surface area contributed by atoms with Crippen molar-refractivity contribution in [2.24, 2.45) is 0 Å². The number of Topliss-reactive ketones (excluding diaryl/α,β-unsaturated/α-hetero) is 1. The molecule has 1 aromatic carbocycles. The quantitative estimate of drug-likeness (QED) is 0.925. The Kier molecular flexibility index (Phi) is 5.85. The summed E-state index contributed by atoms with van der Waals surface area (Å²) in [6, 6.07) is 5.28. The molecule has 3 nitrogen and oxygen atoms in total. The van der Waals surface area contributed by atoms with Gasteiger partial charge in [-0.3, -0.25) is 9.69 Å². The highest BCUT2D eigenvalue weighted by Crippen LogP contribution is 2.30. The van der Waals surface area contributed by atoms with Gasteiger partial charge in [0.1, 0.15) is 0 Å². The Bertz CT molecular complexity index is 471. The molecule has 0 aliphatic carbocycles. The van der Waals surface area contributed by atoms with Crippen molar-refractivity contribution in [2.45, 2.75) is 25.8 Å². The summed E-state index contributed by atoms with van der Waals surface area (Å²) >= 11 is 12.1. The van der Waals surface area contributed by atoms with Crippen LogP contribution in [0.5, 0.6) is 0 Å². The average molecular weight is 315 g/mol. The normalized spacial score (nSPS) is 18.6. The van der Waals surface area contributed by atoms with Crippen molar-refractivity contribution >= 4 is 29.0 Å². The minimum absolute atomic E-state index is 0.213. The second-order valence-electron chi connectivity index (χ2n) is 5.04. The first-order valence-corrected chi connectivity index (χ1v) is 7.81. The molecule has 1 fully saturated rings. The number of carbonyl (C=O) groups is 1. The maximum Gasteiger partial charge on any atom is 0.154 e. The van der Waals surface area contributed by atoms with Gasteiger partial charge in [-0.2, -0.15) is 0 Å². The predicted molar refractivity (Wildman–Crippen MR) is 83.6 cm³/mol. The Hall–Kier alpha value is -0.610. The summed E-state index contributed by atoms with van der Waals surface area (Å²) in [5, 5.41) is 4.39. The van der Waals surface area contributed by atoms with Crippen LogP contribution >= 0.6 is 23.2 Å². The van der Waals surface area contributed by atoms with E-state index >= 15 is 0 Å². The summed E-state index contributed by atoms with van der Waals surface area (Å²) in [5.41, 5.74) is 0.938. The minimum atomic E-state index is -0.213. The molecular formula is C15H20Cl2N2O. The molecule has 0 aromatic heterocycles. The van der Waals surface area contributed by atoms with Crippen LogP contribution in [0, 0.1) is 0 Å². The number of carbonyl (C=O) groups excluding carboxylic acids is 1. The van der Waals surface area contributed by atoms with E-state index in [9.17, 15) is 4.79 Å². The lowest BCUT2D eigenvalue weighted by atomic mass is 9.99. The molecule has 5 heteroatoms. The van der Waals surface area contributed by atoms with E-state index in [4.69, 9.17) is 23.2 Å². The van der Waals surface area contributed by atoms with Crippen LogP contribution in [0.2, 0.25) is 10.0 Å². The highest BCUT2D eigenvalue weighted by molar-refractivity contribution is 6.42. The Morgan fingerprint density at radius 3 is 2.80 bits per heavy atom. The fraction of sp³-hybridized carbons (Fsp3) is 0.533. The molecule has 1 N–H and O–H groups in total. The first-order chi connectivity index (χ1) is 9.63. The molecule has 20 heavy (non-hydrogen) atoms. The van der Waals surface area contributed by atoms with Gasteiger partial charge in [-0.15, -0.1) is 0 Å². The van der Waals surface area contributed by atoms with E-state index in [1.807, 2.05) is 19.1 Å². The van der Waals surface area contributed by atoms with E-state index in [2.05, 4.69) is 10.2 Å². The summed E-state index contributed by atoms with van der Waals surface area (Å²) in [7, 11) is 0. The minimum Gasteiger partial charge on any atom is -0.315 e. The van der Waals surface area contributed by atoms with Crippen molar-refractivity contribution < 1.29 is 4.79 Å². The summed E-state index contributed by atoms with van der Waals surface area (Å²) in [5.74, 6) is 0.227. The lowest BCUT2D eigenvalue weighted by molar-refractivity contribution is -0.124. The highest BCUT2D eigenvalue weighted by atomic mass is 35.5. The highest BCUT2D eigenvalue weighted by Gasteiger charge is 2.27. The SMILES string of the molecule is CCC(=O)C(c1ccc(Cl)c(Cl)c1)N1CCCNCC1. The first kappa shape index (κ1) is 15.8. The molecule has 1 heterocycles. The second kappa shape index (κ2) is 7.41. The van der Waals surface area contributed by atoms with Gasteiger partial charge in [0.15, 0.2) is 5.78 Å². The fourth-order valence-corrected chi connectivity index (χ4v) is 2.91. The number of rotatable bonds is 4. The van der Waals surface area contributed by atoms with E-state index < -0.39 is 0 Å². The van der Waals surface area contributed by atoms with Crippen LogP contribution < -0.4 is 5.32 Å². The number of halogens is 2. The molecule has 0 spiro atoms. The van der Waals surface area contributed by atoms with Crippen molar-refractivity contribution in [3.63, 3.8) is 0 Å². The molecular weight excluding hydrogens is 295 g/mol. The van der Waals surface area contributed by atoms with E-state index in [0.29, 0.717) is 16.5 Å². The summed E-state index contributed by atoms with van der Waals surface area (Å²) < 4.78 is 0. The van der Waals surface area contributed by atoms with E-state index in [1.165, 1.54) is 0 Å². The second-order valence-corrected chi connectivity index (χ2v) is 5.85. The Morgan fingerprint density at radius 1 is 1.30 bits per heavy atom. The fourth-order valence-electron chi connectivity index (χ4n) is 2.60. The third kappa shape index (κ3) is 3.73. The molecule has 1 saturated heterocycles. The summed E-state index contributed by atoms with van der Waals surface area (Å²) in [6.45, 7) is 5.61. The number of nitrogens with one attached hydrogen (secondary N) is 1. The van der Waals surface area contributed by atoms with Gasteiger partial charge in [0, 0.05) is 26.1 Å². The molecule has 1 aromatic rings. The zero-order valence-corrected chi connectivity index (χ0v) is 13.2. The molecule has 1 atom stereocenters. The molecule has 110 valence electrons. The standard InChI is InChI=1S/C15H20Cl2N2O/c1-2-14(20)15(19-8-3-6-18-7-9-19)11-4-5-12(16)13(17)10-11/h4-5,10,15,18H,2-3,6-9H2,1H3. The Labute approximate surface area is 130 Å². The zero-order chi connectivity index (χ0) is 14.5. The summed E-state index contributed by atoms with van der Waals surface area (Å²) in [6.07, 6.45) is 1.57. The zero-order valence-electron chi connectivity index (χ0n) is 11.7. The lowest BCUT2D eigenvalue weighted by Gasteiger charge is -2.29. The van der Waals surface area contributed by atoms with Gasteiger partial charge >= 0.3 is 0 Å². The number of benzene rings is 1. The topological polar surface area (TPSA) is 32.3 Å². The van der Waals surface area contributed by atoms with Crippen LogP contribution in [0.25, 0.3) is 0 Å². The van der Waals surface area contributed by atoms with Crippen LogP contribution in [-0.4, -0.2) is 36.9 Å². The van der Waals surface area contributed by atoms with Gasteiger partial charge in [0.25, 0.3) is 0 Å². The van der Waals surface area contributed by atoms with Gasteiger partial charge in [-0.25, -0.2) is 0 Å². The maximum absolute atomic E-state index is 12.4. The first-order valence-electron chi connectivity index (χ1n) is 7.06. The van der Waals surface area contributed by atoms with Crippen LogP contribution in [-0.2, 0) is 4.79 Å². The van der Waals surface area contributed by atoms with Crippen LogP contribution in [0.4, 0.5) is 0 Å². The van der Waals surface area contributed by atoms with E-state index in [1.54, 1.807) is 6.07 Å². The van der Waals surface area contributed by atoms with Crippen LogP contribution in [0.15, 0.2) is 18.2 Å². The van der Waals surface area contributed by atoms with E-state index in [-0.39, 0.29) is 11.8 Å². The van der Waals surface area contributed by atoms with Crippen LogP contribution in [0.1, 0.15) is 31.4 Å². The lowest BCUT2D eigenvalue weighted by Crippen LogP contribution is -2.36. The number of nitrogens with zero attached hydrogens (tertiary/aromatic N) is 1. The Morgan fingerprint density at radius 2 is 2.10 bits per heavy atom. The molecule has 0 radical (unpaired) electrons. The number of hydrogen-bond acceptors (Lipinski definition) is 3. The number of ketones is 1. The largest absolute Gasteiger partial charge is 0.315 e. The van der Waals surface area contributed by atoms with Crippen LogP contribution in [0.3, 0.4) is 0 Å². The van der Waals surface area contributed by atoms with Gasteiger partial charge in [0.05, 0.1) is 16.1 Å². The monoisotopic (exact) mass is 314 g/mol. The smallest absolute Gasteiger partial charge is 0.154 e.